The van der Waals surface area contributed by atoms with Gasteiger partial charge in [-0.25, -0.2) is 0 Å². The summed E-state index contributed by atoms with van der Waals surface area (Å²) in [5.74, 6) is 0.657. The van der Waals surface area contributed by atoms with Crippen LogP contribution in [0.1, 0.15) is 40.7 Å². The van der Waals surface area contributed by atoms with Crippen molar-refractivity contribution in [3.8, 4) is 6.07 Å². The summed E-state index contributed by atoms with van der Waals surface area (Å²) in [6, 6.07) is 24.7. The summed E-state index contributed by atoms with van der Waals surface area (Å²) in [6.45, 7) is 2.08. The molecule has 1 aliphatic rings. The van der Waals surface area contributed by atoms with Crippen molar-refractivity contribution in [2.24, 2.45) is 0 Å². The lowest BCUT2D eigenvalue weighted by atomic mass is 9.82. The molecule has 2 aromatic carbocycles. The molecule has 3 aromatic rings. The average Bonchev–Trinajstić information content (AvgIpc) is 2.74. The number of nitriles is 1. The normalized spacial score (nSPS) is 19.3. The minimum atomic E-state index is -0.101. The van der Waals surface area contributed by atoms with E-state index in [1.807, 2.05) is 42.5 Å². The van der Waals surface area contributed by atoms with Crippen LogP contribution in [-0.2, 0) is 4.74 Å². The molecule has 0 fully saturated rings. The number of benzene rings is 2. The third-order valence-electron chi connectivity index (χ3n) is 5.02. The zero-order valence-corrected chi connectivity index (χ0v) is 15.2. The maximum Gasteiger partial charge on any atom is 0.141 e. The Morgan fingerprint density at radius 3 is 2.30 bits per heavy atom. The SMILES string of the molecule is Cc1ccc([C@@H]2C[C@H](c3ccncc3)C(C#N)=C(c3ccccc3)O2)cc1. The molecule has 0 amide bonds. The van der Waals surface area contributed by atoms with E-state index in [0.717, 1.165) is 23.1 Å². The van der Waals surface area contributed by atoms with Gasteiger partial charge < -0.3 is 4.74 Å². The third-order valence-corrected chi connectivity index (χ3v) is 5.02. The van der Waals surface area contributed by atoms with Crippen molar-refractivity contribution in [2.45, 2.75) is 25.4 Å². The van der Waals surface area contributed by atoms with E-state index in [2.05, 4.69) is 42.2 Å². The van der Waals surface area contributed by atoms with Gasteiger partial charge in [-0.15, -0.1) is 0 Å². The van der Waals surface area contributed by atoms with Gasteiger partial charge in [0, 0.05) is 30.3 Å². The van der Waals surface area contributed by atoms with Crippen molar-refractivity contribution in [2.75, 3.05) is 0 Å². The van der Waals surface area contributed by atoms with Gasteiger partial charge in [-0.2, -0.15) is 5.26 Å². The first kappa shape index (κ1) is 17.1. The summed E-state index contributed by atoms with van der Waals surface area (Å²) in [7, 11) is 0. The fourth-order valence-electron chi connectivity index (χ4n) is 3.57. The summed E-state index contributed by atoms with van der Waals surface area (Å²) in [4.78, 5) is 4.12. The van der Waals surface area contributed by atoms with Crippen LogP contribution in [-0.4, -0.2) is 4.98 Å². The third kappa shape index (κ3) is 3.47. The van der Waals surface area contributed by atoms with Crippen molar-refractivity contribution in [1.82, 2.24) is 4.98 Å². The second-order valence-corrected chi connectivity index (χ2v) is 6.81. The molecule has 0 N–H and O–H groups in total. The largest absolute Gasteiger partial charge is 0.484 e. The van der Waals surface area contributed by atoms with Crippen LogP contribution in [0, 0.1) is 18.3 Å². The summed E-state index contributed by atoms with van der Waals surface area (Å²) >= 11 is 0. The Labute approximate surface area is 159 Å². The van der Waals surface area contributed by atoms with Gasteiger partial charge in [-0.05, 0) is 30.2 Å². The van der Waals surface area contributed by atoms with Crippen LogP contribution in [0.3, 0.4) is 0 Å². The highest BCUT2D eigenvalue weighted by atomic mass is 16.5. The highest BCUT2D eigenvalue weighted by Gasteiger charge is 2.33. The molecule has 1 aliphatic heterocycles. The number of nitrogens with zero attached hydrogens (tertiary/aromatic N) is 2. The lowest BCUT2D eigenvalue weighted by molar-refractivity contribution is 0.138. The van der Waals surface area contributed by atoms with Crippen molar-refractivity contribution in [3.63, 3.8) is 0 Å². The molecule has 4 rings (SSSR count). The Morgan fingerprint density at radius 2 is 1.63 bits per heavy atom. The van der Waals surface area contributed by atoms with Crippen molar-refractivity contribution in [3.05, 3.63) is 107 Å². The van der Waals surface area contributed by atoms with E-state index in [-0.39, 0.29) is 12.0 Å². The molecular weight excluding hydrogens is 332 g/mol. The lowest BCUT2D eigenvalue weighted by Crippen LogP contribution is -2.19. The Balaban J connectivity index is 1.83. The molecule has 1 aromatic heterocycles. The molecule has 0 bridgehead atoms. The number of hydrogen-bond donors (Lipinski definition) is 0. The monoisotopic (exact) mass is 352 g/mol. The number of allylic oxidation sites excluding steroid dienone is 1. The highest BCUT2D eigenvalue weighted by Crippen LogP contribution is 2.45. The predicted octanol–water partition coefficient (Wildman–Crippen LogP) is 5.57. The van der Waals surface area contributed by atoms with Gasteiger partial charge in [-0.3, -0.25) is 4.98 Å². The molecule has 2 atom stereocenters. The van der Waals surface area contributed by atoms with E-state index in [4.69, 9.17) is 4.74 Å². The first-order valence-corrected chi connectivity index (χ1v) is 9.09. The molecule has 3 nitrogen and oxygen atoms in total. The van der Waals surface area contributed by atoms with Gasteiger partial charge in [0.05, 0.1) is 11.6 Å². The topological polar surface area (TPSA) is 45.9 Å². The van der Waals surface area contributed by atoms with E-state index in [1.54, 1.807) is 12.4 Å². The molecule has 132 valence electrons. The smallest absolute Gasteiger partial charge is 0.141 e. The summed E-state index contributed by atoms with van der Waals surface area (Å²) in [6.07, 6.45) is 4.19. The summed E-state index contributed by atoms with van der Waals surface area (Å²) < 4.78 is 6.40. The molecule has 0 saturated carbocycles. The van der Waals surface area contributed by atoms with Gasteiger partial charge in [-0.1, -0.05) is 60.2 Å². The number of aromatic nitrogens is 1. The molecule has 2 heterocycles. The predicted molar refractivity (Wildman–Crippen MR) is 106 cm³/mol. The lowest BCUT2D eigenvalue weighted by Gasteiger charge is -2.32. The molecule has 27 heavy (non-hydrogen) atoms. The first-order chi connectivity index (χ1) is 13.3. The second kappa shape index (κ2) is 7.47. The molecule has 0 radical (unpaired) electrons. The standard InChI is InChI=1S/C24H20N2O/c1-17-7-9-19(10-8-17)23-15-21(18-11-13-26-14-12-18)22(16-25)24(27-23)20-5-3-2-4-6-20/h2-14,21,23H,15H2,1H3/t21-,23+/m1/s1. The molecule has 0 saturated heterocycles. The minimum absolute atomic E-state index is 0.0201. The number of ether oxygens (including phenoxy) is 1. The van der Waals surface area contributed by atoms with Gasteiger partial charge in [0.25, 0.3) is 0 Å². The maximum atomic E-state index is 9.94. The fraction of sp³-hybridized carbons (Fsp3) is 0.167. The van der Waals surface area contributed by atoms with Crippen molar-refractivity contribution >= 4 is 5.76 Å². The number of rotatable bonds is 3. The maximum absolute atomic E-state index is 9.94. The Hall–Kier alpha value is -3.38. The van der Waals surface area contributed by atoms with E-state index < -0.39 is 0 Å². The number of hydrogen-bond acceptors (Lipinski definition) is 3. The quantitative estimate of drug-likeness (QED) is 0.619. The Morgan fingerprint density at radius 1 is 0.926 bits per heavy atom. The van der Waals surface area contributed by atoms with E-state index in [9.17, 15) is 5.26 Å². The molecular formula is C24H20N2O. The van der Waals surface area contributed by atoms with Crippen LogP contribution in [0.2, 0.25) is 0 Å². The zero-order chi connectivity index (χ0) is 18.6. The van der Waals surface area contributed by atoms with Gasteiger partial charge in [0.2, 0.25) is 0 Å². The van der Waals surface area contributed by atoms with Gasteiger partial charge in [0.15, 0.2) is 0 Å². The zero-order valence-electron chi connectivity index (χ0n) is 15.2. The summed E-state index contributed by atoms with van der Waals surface area (Å²) in [5.41, 5.74) is 5.05. The number of pyridine rings is 1. The Kier molecular flexibility index (Phi) is 4.72. The molecule has 0 spiro atoms. The van der Waals surface area contributed by atoms with Crippen LogP contribution >= 0.6 is 0 Å². The van der Waals surface area contributed by atoms with E-state index in [0.29, 0.717) is 11.3 Å². The van der Waals surface area contributed by atoms with Crippen molar-refractivity contribution in [1.29, 1.82) is 5.26 Å². The van der Waals surface area contributed by atoms with Crippen LogP contribution in [0.5, 0.6) is 0 Å². The molecule has 0 aliphatic carbocycles. The van der Waals surface area contributed by atoms with Crippen LogP contribution < -0.4 is 0 Å². The van der Waals surface area contributed by atoms with Crippen LogP contribution in [0.25, 0.3) is 5.76 Å². The van der Waals surface area contributed by atoms with Crippen LogP contribution in [0.15, 0.2) is 84.7 Å². The average molecular weight is 352 g/mol. The van der Waals surface area contributed by atoms with Gasteiger partial charge >= 0.3 is 0 Å². The number of aryl methyl sites for hydroxylation is 1. The highest BCUT2D eigenvalue weighted by molar-refractivity contribution is 5.70. The van der Waals surface area contributed by atoms with Gasteiger partial charge in [0.1, 0.15) is 11.9 Å². The van der Waals surface area contributed by atoms with E-state index >= 15 is 0 Å². The summed E-state index contributed by atoms with van der Waals surface area (Å²) in [5, 5.41) is 9.94. The van der Waals surface area contributed by atoms with Crippen LogP contribution in [0.4, 0.5) is 0 Å². The molecule has 0 unspecified atom stereocenters. The van der Waals surface area contributed by atoms with Crippen molar-refractivity contribution < 1.29 is 4.74 Å². The first-order valence-electron chi connectivity index (χ1n) is 9.09. The molecule has 3 heteroatoms. The fourth-order valence-corrected chi connectivity index (χ4v) is 3.57. The van der Waals surface area contributed by atoms with E-state index in [1.165, 1.54) is 5.56 Å². The second-order valence-electron chi connectivity index (χ2n) is 6.81. The Bertz CT molecular complexity index is 986. The minimum Gasteiger partial charge on any atom is -0.484 e.